The van der Waals surface area contributed by atoms with Crippen molar-refractivity contribution in [1.82, 2.24) is 4.98 Å². The predicted molar refractivity (Wildman–Crippen MR) is 177 cm³/mol. The Labute approximate surface area is 266 Å². The molecule has 1 amide bonds. The quantitative estimate of drug-likeness (QED) is 0.180. The van der Waals surface area contributed by atoms with Crippen LogP contribution in [0.2, 0.25) is 0 Å². The first-order valence-corrected chi connectivity index (χ1v) is 17.0. The van der Waals surface area contributed by atoms with Gasteiger partial charge >= 0.3 is 0 Å². The third-order valence-corrected chi connectivity index (χ3v) is 10.4. The Balaban J connectivity index is 1.28. The van der Waals surface area contributed by atoms with Crippen LogP contribution in [0, 0.1) is 18.8 Å². The van der Waals surface area contributed by atoms with Crippen LogP contribution in [0.25, 0.3) is 10.4 Å². The molecule has 0 saturated heterocycles. The summed E-state index contributed by atoms with van der Waals surface area (Å²) in [5, 5.41) is 0.642. The molecule has 1 heterocycles. The van der Waals surface area contributed by atoms with Crippen molar-refractivity contribution < 1.29 is 23.7 Å². The van der Waals surface area contributed by atoms with Crippen LogP contribution >= 0.6 is 11.3 Å². The number of carbonyl (C=O) groups excluding carboxylic acids is 1. The third kappa shape index (κ3) is 8.20. The van der Waals surface area contributed by atoms with E-state index in [1.165, 1.54) is 22.5 Å². The molecule has 5 rings (SSSR count). The molecule has 3 aromatic rings. The second-order valence-electron chi connectivity index (χ2n) is 12.3. The molecule has 2 aromatic carbocycles. The van der Waals surface area contributed by atoms with Gasteiger partial charge in [-0.2, -0.15) is 0 Å². The van der Waals surface area contributed by atoms with Crippen molar-refractivity contribution in [3.8, 4) is 21.4 Å². The molecule has 0 atom stereocenters. The number of aromatic nitrogens is 1. The molecule has 0 bridgehead atoms. The Morgan fingerprint density at radius 3 is 2.41 bits per heavy atom. The number of methoxy groups -OCH3 is 3. The predicted octanol–water partition coefficient (Wildman–Crippen LogP) is 8.05. The van der Waals surface area contributed by atoms with Crippen LogP contribution in [0.15, 0.2) is 48.7 Å². The third-order valence-electron chi connectivity index (χ3n) is 9.42. The van der Waals surface area contributed by atoms with Crippen LogP contribution in [-0.2, 0) is 14.3 Å². The zero-order chi connectivity index (χ0) is 30.9. The summed E-state index contributed by atoms with van der Waals surface area (Å²) in [6.07, 6.45) is 11.1. The van der Waals surface area contributed by atoms with E-state index in [9.17, 15) is 4.79 Å². The summed E-state index contributed by atoms with van der Waals surface area (Å²) in [6, 6.07) is 15.0. The van der Waals surface area contributed by atoms with Gasteiger partial charge in [0.1, 0.15) is 5.75 Å². The van der Waals surface area contributed by atoms with Gasteiger partial charge in [0.2, 0.25) is 5.91 Å². The molecule has 1 aromatic heterocycles. The van der Waals surface area contributed by atoms with Crippen LogP contribution < -0.4 is 14.4 Å². The molecule has 0 unspecified atom stereocenters. The summed E-state index contributed by atoms with van der Waals surface area (Å²) in [4.78, 5) is 21.8. The van der Waals surface area contributed by atoms with Gasteiger partial charge in [-0.05, 0) is 111 Å². The maximum Gasteiger partial charge on any atom is 0.273 e. The van der Waals surface area contributed by atoms with Gasteiger partial charge in [-0.15, -0.1) is 0 Å². The van der Waals surface area contributed by atoms with Gasteiger partial charge in [0.05, 0.1) is 25.2 Å². The number of anilines is 1. The van der Waals surface area contributed by atoms with E-state index in [0.29, 0.717) is 17.0 Å². The summed E-state index contributed by atoms with van der Waals surface area (Å²) in [6.45, 7) is 4.32. The largest absolute Gasteiger partial charge is 0.496 e. The normalized spacial score (nSPS) is 22.0. The van der Waals surface area contributed by atoms with Crippen molar-refractivity contribution in [1.29, 1.82) is 0 Å². The van der Waals surface area contributed by atoms with E-state index in [1.54, 1.807) is 21.3 Å². The van der Waals surface area contributed by atoms with Gasteiger partial charge in [0, 0.05) is 44.7 Å². The minimum atomic E-state index is 0.0274. The highest BCUT2D eigenvalue weighted by Gasteiger charge is 2.33. The van der Waals surface area contributed by atoms with Gasteiger partial charge in [-0.3, -0.25) is 4.79 Å². The first-order valence-electron chi connectivity index (χ1n) is 16.2. The molecule has 2 fully saturated rings. The van der Waals surface area contributed by atoms with E-state index < -0.39 is 0 Å². The number of ether oxygens (including phenoxy) is 4. The average molecular weight is 621 g/mol. The lowest BCUT2D eigenvalue weighted by Crippen LogP contribution is -2.42. The van der Waals surface area contributed by atoms with Crippen molar-refractivity contribution in [2.24, 2.45) is 11.8 Å². The maximum absolute atomic E-state index is 14.3. The van der Waals surface area contributed by atoms with E-state index in [2.05, 4.69) is 59.3 Å². The molecule has 2 aliphatic carbocycles. The molecule has 44 heavy (non-hydrogen) atoms. The van der Waals surface area contributed by atoms with Gasteiger partial charge < -0.3 is 23.8 Å². The molecule has 8 heteroatoms. The number of thiazole rings is 1. The number of carbonyl (C=O) groups is 1. The highest BCUT2D eigenvalue weighted by molar-refractivity contribution is 7.16. The van der Waals surface area contributed by atoms with Crippen molar-refractivity contribution in [3.05, 3.63) is 59.8 Å². The molecule has 2 saturated carbocycles. The van der Waals surface area contributed by atoms with E-state index in [-0.39, 0.29) is 17.9 Å². The number of hydrogen-bond acceptors (Lipinski definition) is 7. The van der Waals surface area contributed by atoms with Gasteiger partial charge in [-0.25, -0.2) is 4.98 Å². The average Bonchev–Trinajstić information content (AvgIpc) is 3.56. The molecular formula is C36H48N2O5S. The van der Waals surface area contributed by atoms with Crippen molar-refractivity contribution in [2.75, 3.05) is 46.0 Å². The Morgan fingerprint density at radius 2 is 1.73 bits per heavy atom. The van der Waals surface area contributed by atoms with Gasteiger partial charge in [0.15, 0.2) is 0 Å². The molecule has 238 valence electrons. The summed E-state index contributed by atoms with van der Waals surface area (Å²) in [7, 11) is 5.09. The fourth-order valence-corrected chi connectivity index (χ4v) is 7.60. The van der Waals surface area contributed by atoms with Crippen molar-refractivity contribution in [3.63, 3.8) is 0 Å². The summed E-state index contributed by atoms with van der Waals surface area (Å²) < 4.78 is 22.1. The second-order valence-corrected chi connectivity index (χ2v) is 13.3. The zero-order valence-corrected chi connectivity index (χ0v) is 27.6. The Bertz CT molecular complexity index is 1340. The van der Waals surface area contributed by atoms with Crippen molar-refractivity contribution >= 4 is 22.9 Å². The molecule has 0 radical (unpaired) electrons. The Morgan fingerprint density at radius 1 is 0.932 bits per heavy atom. The molecule has 0 N–H and O–H groups in total. The fourth-order valence-electron chi connectivity index (χ4n) is 6.88. The summed E-state index contributed by atoms with van der Waals surface area (Å²) >= 11 is 1.52. The minimum Gasteiger partial charge on any atom is -0.496 e. The lowest BCUT2D eigenvalue weighted by molar-refractivity contribution is -0.124. The minimum absolute atomic E-state index is 0.0274. The van der Waals surface area contributed by atoms with Crippen LogP contribution in [0.3, 0.4) is 0 Å². The highest BCUT2D eigenvalue weighted by atomic mass is 32.1. The van der Waals surface area contributed by atoms with Crippen LogP contribution in [0.4, 0.5) is 5.69 Å². The highest BCUT2D eigenvalue weighted by Crippen LogP contribution is 2.39. The van der Waals surface area contributed by atoms with Crippen LogP contribution in [0.1, 0.15) is 74.8 Å². The number of nitrogens with zero attached hydrogens (tertiary/aromatic N) is 2. The van der Waals surface area contributed by atoms with Crippen LogP contribution in [0.5, 0.6) is 10.9 Å². The van der Waals surface area contributed by atoms with Gasteiger partial charge in [0.25, 0.3) is 5.19 Å². The topological polar surface area (TPSA) is 70.1 Å². The first-order chi connectivity index (χ1) is 21.5. The standard InChI is InChI=1S/C36H48N2O5S/c1-25-21-29(15-18-33(25)41-3)27-11-9-26(10-12-27)24-38(31-8-5-7-30(22-31)34-23-37-36(42-4)44-34)35(39)28-13-16-32(17-14-28)43-20-6-19-40-2/h5,7-8,15,18,21-23,26-28,32H,6,9-14,16-17,19-20,24H2,1-4H3/t26-,27-,28-,32-. The number of hydrogen-bond donors (Lipinski definition) is 0. The number of benzene rings is 2. The number of amides is 1. The SMILES string of the molecule is COCCCO[C@H]1CC[C@H](C(=O)N(C[C@H]2CC[C@H](c3ccc(OC)c(C)c3)CC2)c2cccc(-c3cnc(OC)s3)c2)CC1. The van der Waals surface area contributed by atoms with E-state index in [1.807, 2.05) is 6.20 Å². The summed E-state index contributed by atoms with van der Waals surface area (Å²) in [5.41, 5.74) is 4.64. The second kappa shape index (κ2) is 15.9. The van der Waals surface area contributed by atoms with Crippen LogP contribution in [-0.4, -0.2) is 58.1 Å². The number of rotatable bonds is 13. The monoisotopic (exact) mass is 620 g/mol. The van der Waals surface area contributed by atoms with E-state index in [4.69, 9.17) is 18.9 Å². The lowest BCUT2D eigenvalue weighted by atomic mass is 9.78. The molecule has 0 spiro atoms. The molecule has 0 aliphatic heterocycles. The Kier molecular flexibility index (Phi) is 11.7. The first kappa shape index (κ1) is 32.5. The molecule has 2 aliphatic rings. The smallest absolute Gasteiger partial charge is 0.273 e. The zero-order valence-electron chi connectivity index (χ0n) is 26.8. The molecular weight excluding hydrogens is 572 g/mol. The van der Waals surface area contributed by atoms with Crippen molar-refractivity contribution in [2.45, 2.75) is 76.7 Å². The maximum atomic E-state index is 14.3. The van der Waals surface area contributed by atoms with Gasteiger partial charge in [-0.1, -0.05) is 35.6 Å². The number of aryl methyl sites for hydroxylation is 1. The summed E-state index contributed by atoms with van der Waals surface area (Å²) in [5.74, 6) is 2.27. The Hall–Kier alpha value is -2.94. The fraction of sp³-hybridized carbons (Fsp3) is 0.556. The lowest BCUT2D eigenvalue weighted by Gasteiger charge is -2.36. The molecule has 7 nitrogen and oxygen atoms in total. The van der Waals surface area contributed by atoms with E-state index in [0.717, 1.165) is 99.4 Å². The van der Waals surface area contributed by atoms with E-state index >= 15 is 0 Å².